The maximum Gasteiger partial charge on any atom is 0.270 e. The molecule has 0 bridgehead atoms. The highest BCUT2D eigenvalue weighted by atomic mass is 16.5. The molecule has 1 aromatic heterocycles. The Morgan fingerprint density at radius 3 is 2.58 bits per heavy atom. The van der Waals surface area contributed by atoms with Crippen LogP contribution in [0.25, 0.3) is 10.9 Å². The first-order chi connectivity index (χ1) is 17.2. The van der Waals surface area contributed by atoms with Crippen LogP contribution in [0.5, 0.6) is 0 Å². The molecule has 0 unspecified atom stereocenters. The van der Waals surface area contributed by atoms with Crippen LogP contribution in [0.2, 0.25) is 0 Å². The van der Waals surface area contributed by atoms with Gasteiger partial charge in [0, 0.05) is 36.6 Å². The zero-order valence-corrected chi connectivity index (χ0v) is 22.0. The Kier molecular flexibility index (Phi) is 8.03. The molecule has 1 aromatic carbocycles. The molecule has 3 heterocycles. The molecule has 36 heavy (non-hydrogen) atoms. The van der Waals surface area contributed by atoms with Gasteiger partial charge >= 0.3 is 0 Å². The summed E-state index contributed by atoms with van der Waals surface area (Å²) in [6.07, 6.45) is 4.38. The molecule has 2 aromatic rings. The maximum atomic E-state index is 13.6. The Bertz CT molecular complexity index is 1120. The quantitative estimate of drug-likeness (QED) is 0.592. The van der Waals surface area contributed by atoms with Crippen LogP contribution in [0.3, 0.4) is 0 Å². The van der Waals surface area contributed by atoms with E-state index >= 15 is 0 Å². The molecule has 2 aliphatic heterocycles. The minimum Gasteiger partial charge on any atom is -0.379 e. The van der Waals surface area contributed by atoms with Crippen molar-refractivity contribution in [1.29, 1.82) is 0 Å². The lowest BCUT2D eigenvalue weighted by molar-refractivity contribution is -0.137. The lowest BCUT2D eigenvalue weighted by Gasteiger charge is -2.41. The Hall–Kier alpha value is -2.87. The van der Waals surface area contributed by atoms with Crippen LogP contribution >= 0.6 is 0 Å². The Morgan fingerprint density at radius 2 is 1.86 bits per heavy atom. The Labute approximate surface area is 213 Å². The van der Waals surface area contributed by atoms with Crippen LogP contribution in [-0.2, 0) is 20.7 Å². The zero-order chi connectivity index (χ0) is 25.9. The van der Waals surface area contributed by atoms with Crippen LogP contribution < -0.4 is 10.6 Å². The van der Waals surface area contributed by atoms with Gasteiger partial charge < -0.3 is 25.3 Å². The van der Waals surface area contributed by atoms with Gasteiger partial charge in [-0.3, -0.25) is 14.4 Å². The molecule has 0 aliphatic carbocycles. The van der Waals surface area contributed by atoms with Crippen LogP contribution in [0.4, 0.5) is 0 Å². The van der Waals surface area contributed by atoms with Crippen LogP contribution in [0.1, 0.15) is 74.5 Å². The summed E-state index contributed by atoms with van der Waals surface area (Å²) in [4.78, 5) is 44.9. The summed E-state index contributed by atoms with van der Waals surface area (Å²) in [5.74, 6) is -0.293. The molecule has 8 heteroatoms. The van der Waals surface area contributed by atoms with Crippen molar-refractivity contribution in [3.8, 4) is 0 Å². The predicted octanol–water partition coefficient (Wildman–Crippen LogP) is 3.47. The van der Waals surface area contributed by atoms with Gasteiger partial charge in [0.2, 0.25) is 11.8 Å². The third-order valence-electron chi connectivity index (χ3n) is 7.81. The van der Waals surface area contributed by atoms with Crippen molar-refractivity contribution in [2.45, 2.75) is 78.3 Å². The SMILES string of the molecule is CCc1c(C(=O)N2CCC3(CCCCOC[C@H](C)NC(=O)[C@H](C)NC3=O)CC2)[nH]c2ccc(C)cc12. The van der Waals surface area contributed by atoms with Gasteiger partial charge in [-0.25, -0.2) is 0 Å². The van der Waals surface area contributed by atoms with Crippen LogP contribution in [0, 0.1) is 12.3 Å². The normalized spacial score (nSPS) is 23.9. The number of fused-ring (bicyclic) bond motifs is 1. The second kappa shape index (κ2) is 11.0. The topological polar surface area (TPSA) is 104 Å². The fourth-order valence-electron chi connectivity index (χ4n) is 5.55. The highest BCUT2D eigenvalue weighted by molar-refractivity contribution is 6.01. The van der Waals surface area contributed by atoms with Gasteiger partial charge in [-0.15, -0.1) is 0 Å². The van der Waals surface area contributed by atoms with Gasteiger partial charge in [0.1, 0.15) is 11.7 Å². The summed E-state index contributed by atoms with van der Waals surface area (Å²) >= 11 is 0. The van der Waals surface area contributed by atoms with E-state index in [1.54, 1.807) is 6.92 Å². The van der Waals surface area contributed by atoms with Crippen molar-refractivity contribution >= 4 is 28.6 Å². The van der Waals surface area contributed by atoms with E-state index in [-0.39, 0.29) is 23.8 Å². The number of nitrogens with one attached hydrogen (secondary N) is 3. The number of H-pyrrole nitrogens is 1. The van der Waals surface area contributed by atoms with Gasteiger partial charge in [-0.05, 0) is 70.6 Å². The van der Waals surface area contributed by atoms with Crippen LogP contribution in [0.15, 0.2) is 18.2 Å². The number of aromatic amines is 1. The minimum absolute atomic E-state index is 0.00395. The van der Waals surface area contributed by atoms with Gasteiger partial charge in [-0.1, -0.05) is 25.0 Å². The number of piperidine rings is 1. The fraction of sp³-hybridized carbons (Fsp3) is 0.607. The lowest BCUT2D eigenvalue weighted by Crippen LogP contribution is -2.55. The summed E-state index contributed by atoms with van der Waals surface area (Å²) < 4.78 is 5.72. The van der Waals surface area contributed by atoms with Crippen molar-refractivity contribution in [2.24, 2.45) is 5.41 Å². The van der Waals surface area contributed by atoms with Gasteiger partial charge in [-0.2, -0.15) is 0 Å². The fourth-order valence-corrected chi connectivity index (χ4v) is 5.55. The number of carbonyl (C=O) groups is 3. The number of likely N-dealkylation sites (tertiary alicyclic amines) is 1. The number of amides is 3. The molecule has 2 saturated heterocycles. The third kappa shape index (κ3) is 5.43. The average molecular weight is 497 g/mol. The van der Waals surface area contributed by atoms with E-state index < -0.39 is 11.5 Å². The van der Waals surface area contributed by atoms with Crippen molar-refractivity contribution < 1.29 is 19.1 Å². The number of hydrogen-bond acceptors (Lipinski definition) is 4. The predicted molar refractivity (Wildman–Crippen MR) is 140 cm³/mol. The molecule has 3 N–H and O–H groups in total. The van der Waals surface area contributed by atoms with Crippen molar-refractivity contribution in [3.05, 3.63) is 35.0 Å². The molecular weight excluding hydrogens is 456 g/mol. The van der Waals surface area contributed by atoms with Crippen molar-refractivity contribution in [2.75, 3.05) is 26.3 Å². The van der Waals surface area contributed by atoms with Gasteiger partial charge in [0.15, 0.2) is 0 Å². The zero-order valence-electron chi connectivity index (χ0n) is 22.0. The summed E-state index contributed by atoms with van der Waals surface area (Å²) in [6.45, 7) is 9.85. The molecule has 3 amide bonds. The first-order valence-electron chi connectivity index (χ1n) is 13.3. The smallest absolute Gasteiger partial charge is 0.270 e. The van der Waals surface area contributed by atoms with Crippen LogP contribution in [-0.4, -0.2) is 66.0 Å². The molecule has 2 aliphatic rings. The monoisotopic (exact) mass is 496 g/mol. The number of aromatic nitrogens is 1. The highest BCUT2D eigenvalue weighted by Crippen LogP contribution is 2.38. The number of hydrogen-bond donors (Lipinski definition) is 3. The number of aryl methyl sites for hydroxylation is 2. The standard InChI is InChI=1S/C28H40N4O4/c1-5-21-22-16-18(2)8-9-23(22)31-24(21)26(34)32-13-11-28(12-14-32)10-6-7-15-36-17-19(3)29-25(33)20(4)30-27(28)35/h8-9,16,19-20,31H,5-7,10-15,17H2,1-4H3,(H,29,33)(H,30,35)/t19-,20-/m0/s1. The highest BCUT2D eigenvalue weighted by Gasteiger charge is 2.43. The van der Waals surface area contributed by atoms with Crippen molar-refractivity contribution in [1.82, 2.24) is 20.5 Å². The van der Waals surface area contributed by atoms with E-state index in [9.17, 15) is 14.4 Å². The van der Waals surface area contributed by atoms with E-state index in [1.807, 2.05) is 24.0 Å². The number of carbonyl (C=O) groups excluding carboxylic acids is 3. The number of ether oxygens (including phenoxy) is 1. The minimum atomic E-state index is -0.626. The van der Waals surface area contributed by atoms with E-state index in [1.165, 1.54) is 5.56 Å². The molecule has 8 nitrogen and oxygen atoms in total. The van der Waals surface area contributed by atoms with Crippen molar-refractivity contribution in [3.63, 3.8) is 0 Å². The number of rotatable bonds is 2. The van der Waals surface area contributed by atoms with E-state index in [0.29, 0.717) is 44.8 Å². The first-order valence-corrected chi connectivity index (χ1v) is 13.3. The Balaban J connectivity index is 1.50. The number of benzene rings is 1. The van der Waals surface area contributed by atoms with E-state index in [0.717, 1.165) is 42.1 Å². The first kappa shape index (κ1) is 26.2. The Morgan fingerprint density at radius 1 is 1.11 bits per heavy atom. The second-order valence-corrected chi connectivity index (χ2v) is 10.6. The summed E-state index contributed by atoms with van der Waals surface area (Å²) in [5.41, 5.74) is 3.27. The molecule has 1 spiro atoms. The van der Waals surface area contributed by atoms with Gasteiger partial charge in [0.25, 0.3) is 5.91 Å². The molecule has 2 atom stereocenters. The molecule has 4 rings (SSSR count). The average Bonchev–Trinajstić information content (AvgIpc) is 3.23. The molecule has 0 radical (unpaired) electrons. The summed E-state index contributed by atoms with van der Waals surface area (Å²) in [7, 11) is 0. The lowest BCUT2D eigenvalue weighted by atomic mass is 9.73. The maximum absolute atomic E-state index is 13.6. The largest absolute Gasteiger partial charge is 0.379 e. The van der Waals surface area contributed by atoms with E-state index in [4.69, 9.17) is 4.74 Å². The summed E-state index contributed by atoms with van der Waals surface area (Å²) in [5, 5.41) is 6.98. The summed E-state index contributed by atoms with van der Waals surface area (Å²) in [6, 6.07) is 5.48. The second-order valence-electron chi connectivity index (χ2n) is 10.6. The molecular formula is C28H40N4O4. The van der Waals surface area contributed by atoms with Gasteiger partial charge in [0.05, 0.1) is 12.0 Å². The molecule has 196 valence electrons. The number of nitrogens with zero attached hydrogens (tertiary/aromatic N) is 1. The third-order valence-corrected chi connectivity index (χ3v) is 7.81. The van der Waals surface area contributed by atoms with E-state index in [2.05, 4.69) is 35.5 Å². The molecule has 0 saturated carbocycles. The molecule has 2 fully saturated rings.